The van der Waals surface area contributed by atoms with Crippen molar-refractivity contribution in [2.75, 3.05) is 19.6 Å². The maximum atomic E-state index is 12.0. The van der Waals surface area contributed by atoms with E-state index in [4.69, 9.17) is 0 Å². The molecule has 1 aromatic rings. The van der Waals surface area contributed by atoms with Crippen molar-refractivity contribution in [2.24, 2.45) is 0 Å². The van der Waals surface area contributed by atoms with Crippen LogP contribution in [0.3, 0.4) is 0 Å². The van der Waals surface area contributed by atoms with Gasteiger partial charge in [0.05, 0.1) is 6.54 Å². The Kier molecular flexibility index (Phi) is 3.97. The van der Waals surface area contributed by atoms with Crippen molar-refractivity contribution in [2.45, 2.75) is 19.8 Å². The first-order valence-corrected chi connectivity index (χ1v) is 6.26. The van der Waals surface area contributed by atoms with Gasteiger partial charge in [0, 0.05) is 19.5 Å². The van der Waals surface area contributed by atoms with Crippen molar-refractivity contribution in [3.63, 3.8) is 0 Å². The molecule has 1 saturated heterocycles. The Bertz CT molecular complexity index is 457. The number of hydrogen-bond acceptors (Lipinski definition) is 2. The van der Waals surface area contributed by atoms with Crippen LogP contribution in [0.1, 0.15) is 17.5 Å². The summed E-state index contributed by atoms with van der Waals surface area (Å²) in [4.78, 5) is 24.8. The van der Waals surface area contributed by atoms with Crippen LogP contribution in [0.5, 0.6) is 0 Å². The van der Waals surface area contributed by atoms with Crippen LogP contribution in [-0.2, 0) is 16.0 Å². The van der Waals surface area contributed by atoms with Gasteiger partial charge in [0.2, 0.25) is 11.8 Å². The summed E-state index contributed by atoms with van der Waals surface area (Å²) in [5, 5.41) is 2.72. The number of benzene rings is 1. The van der Waals surface area contributed by atoms with Crippen molar-refractivity contribution < 1.29 is 9.59 Å². The summed E-state index contributed by atoms with van der Waals surface area (Å²) in [5.41, 5.74) is 2.41. The maximum Gasteiger partial charge on any atom is 0.239 e. The highest BCUT2D eigenvalue weighted by molar-refractivity contribution is 5.86. The molecule has 0 atom stereocenters. The van der Waals surface area contributed by atoms with Gasteiger partial charge in [-0.25, -0.2) is 0 Å². The van der Waals surface area contributed by atoms with E-state index >= 15 is 0 Å². The van der Waals surface area contributed by atoms with E-state index in [0.717, 1.165) is 6.42 Å². The Labute approximate surface area is 107 Å². The third-order valence-corrected chi connectivity index (χ3v) is 3.26. The monoisotopic (exact) mass is 246 g/mol. The normalized spacial score (nSPS) is 15.4. The van der Waals surface area contributed by atoms with Crippen LogP contribution in [0.15, 0.2) is 24.3 Å². The van der Waals surface area contributed by atoms with Crippen LogP contribution in [0, 0.1) is 6.92 Å². The predicted molar refractivity (Wildman–Crippen MR) is 69.1 cm³/mol. The summed E-state index contributed by atoms with van der Waals surface area (Å²) < 4.78 is 0. The second-order valence-corrected chi connectivity index (χ2v) is 4.59. The van der Waals surface area contributed by atoms with Crippen LogP contribution >= 0.6 is 0 Å². The van der Waals surface area contributed by atoms with E-state index in [2.05, 4.69) is 5.32 Å². The molecule has 1 N–H and O–H groups in total. The lowest BCUT2D eigenvalue weighted by Crippen LogP contribution is -2.50. The minimum atomic E-state index is -0.0644. The van der Waals surface area contributed by atoms with E-state index in [9.17, 15) is 9.59 Å². The molecule has 1 aliphatic rings. The molecule has 2 amide bonds. The van der Waals surface area contributed by atoms with Crippen molar-refractivity contribution in [1.82, 2.24) is 10.2 Å². The molecule has 4 heteroatoms. The number of piperazine rings is 1. The quantitative estimate of drug-likeness (QED) is 0.861. The zero-order valence-electron chi connectivity index (χ0n) is 10.6. The molecule has 0 saturated carbocycles. The smallest absolute Gasteiger partial charge is 0.239 e. The summed E-state index contributed by atoms with van der Waals surface area (Å²) in [5.74, 6) is -0.00130. The number of hydrogen-bond donors (Lipinski definition) is 1. The van der Waals surface area contributed by atoms with E-state index < -0.39 is 0 Å². The SMILES string of the molecule is Cc1ccccc1CCC(=O)N1CCNC(=O)C1. The van der Waals surface area contributed by atoms with E-state index in [1.807, 2.05) is 31.2 Å². The topological polar surface area (TPSA) is 49.4 Å². The van der Waals surface area contributed by atoms with Gasteiger partial charge in [-0.05, 0) is 24.5 Å². The van der Waals surface area contributed by atoms with E-state index in [-0.39, 0.29) is 18.4 Å². The molecule has 0 bridgehead atoms. The zero-order valence-corrected chi connectivity index (χ0v) is 10.6. The van der Waals surface area contributed by atoms with Gasteiger partial charge in [-0.1, -0.05) is 24.3 Å². The highest BCUT2D eigenvalue weighted by atomic mass is 16.2. The summed E-state index contributed by atoms with van der Waals surface area (Å²) >= 11 is 0. The maximum absolute atomic E-state index is 12.0. The second kappa shape index (κ2) is 5.67. The Morgan fingerprint density at radius 2 is 2.17 bits per heavy atom. The largest absolute Gasteiger partial charge is 0.353 e. The number of nitrogens with one attached hydrogen (secondary N) is 1. The molecule has 4 nitrogen and oxygen atoms in total. The van der Waals surface area contributed by atoms with Gasteiger partial charge in [0.15, 0.2) is 0 Å². The molecule has 2 rings (SSSR count). The number of carbonyl (C=O) groups excluding carboxylic acids is 2. The Morgan fingerprint density at radius 3 is 2.89 bits per heavy atom. The van der Waals surface area contributed by atoms with Gasteiger partial charge in [-0.15, -0.1) is 0 Å². The highest BCUT2D eigenvalue weighted by Crippen LogP contribution is 2.10. The molecule has 0 aliphatic carbocycles. The summed E-state index contributed by atoms with van der Waals surface area (Å²) in [6, 6.07) is 8.08. The van der Waals surface area contributed by atoms with Crippen LogP contribution in [-0.4, -0.2) is 36.3 Å². The fraction of sp³-hybridized carbons (Fsp3) is 0.429. The molecule has 96 valence electrons. The lowest BCUT2D eigenvalue weighted by molar-refractivity contribution is -0.138. The first-order chi connectivity index (χ1) is 8.66. The minimum absolute atomic E-state index is 0.0631. The van der Waals surface area contributed by atoms with Gasteiger partial charge >= 0.3 is 0 Å². The molecule has 1 aliphatic heterocycles. The van der Waals surface area contributed by atoms with Crippen LogP contribution < -0.4 is 5.32 Å². The molecular weight excluding hydrogens is 228 g/mol. The van der Waals surface area contributed by atoms with Crippen LogP contribution in [0.2, 0.25) is 0 Å². The van der Waals surface area contributed by atoms with Crippen molar-refractivity contribution >= 4 is 11.8 Å². The molecular formula is C14H18N2O2. The summed E-state index contributed by atoms with van der Waals surface area (Å²) in [6.45, 7) is 3.44. The molecule has 18 heavy (non-hydrogen) atoms. The number of nitrogens with zero attached hydrogens (tertiary/aromatic N) is 1. The van der Waals surface area contributed by atoms with E-state index in [0.29, 0.717) is 19.5 Å². The minimum Gasteiger partial charge on any atom is -0.353 e. The Morgan fingerprint density at radius 1 is 1.39 bits per heavy atom. The molecule has 1 fully saturated rings. The van der Waals surface area contributed by atoms with Crippen LogP contribution in [0.4, 0.5) is 0 Å². The van der Waals surface area contributed by atoms with Gasteiger partial charge in [0.1, 0.15) is 0 Å². The second-order valence-electron chi connectivity index (χ2n) is 4.59. The Hall–Kier alpha value is -1.84. The lowest BCUT2D eigenvalue weighted by Gasteiger charge is -2.26. The van der Waals surface area contributed by atoms with Crippen molar-refractivity contribution in [1.29, 1.82) is 0 Å². The third-order valence-electron chi connectivity index (χ3n) is 3.26. The molecule has 0 aromatic heterocycles. The first kappa shape index (κ1) is 12.6. The number of rotatable bonds is 3. The van der Waals surface area contributed by atoms with Gasteiger partial charge in [-0.3, -0.25) is 9.59 Å². The summed E-state index contributed by atoms with van der Waals surface area (Å²) in [6.07, 6.45) is 1.21. The fourth-order valence-corrected chi connectivity index (χ4v) is 2.14. The number of amides is 2. The van der Waals surface area contributed by atoms with Gasteiger partial charge < -0.3 is 10.2 Å². The third kappa shape index (κ3) is 3.09. The Balaban J connectivity index is 1.88. The van der Waals surface area contributed by atoms with E-state index in [1.165, 1.54) is 11.1 Å². The predicted octanol–water partition coefficient (Wildman–Crippen LogP) is 0.886. The molecule has 0 radical (unpaired) electrons. The number of aryl methyl sites for hydroxylation is 2. The molecule has 1 heterocycles. The fourth-order valence-electron chi connectivity index (χ4n) is 2.14. The average molecular weight is 246 g/mol. The first-order valence-electron chi connectivity index (χ1n) is 6.26. The standard InChI is InChI=1S/C14H18N2O2/c1-11-4-2-3-5-12(11)6-7-14(18)16-9-8-15-13(17)10-16/h2-5H,6-10H2,1H3,(H,15,17). The number of carbonyl (C=O) groups is 2. The van der Waals surface area contributed by atoms with Crippen molar-refractivity contribution in [3.05, 3.63) is 35.4 Å². The summed E-state index contributed by atoms with van der Waals surface area (Å²) in [7, 11) is 0. The molecule has 0 spiro atoms. The van der Waals surface area contributed by atoms with Crippen molar-refractivity contribution in [3.8, 4) is 0 Å². The highest BCUT2D eigenvalue weighted by Gasteiger charge is 2.20. The molecule has 1 aromatic carbocycles. The zero-order chi connectivity index (χ0) is 13.0. The lowest BCUT2D eigenvalue weighted by atomic mass is 10.0. The molecule has 0 unspecified atom stereocenters. The average Bonchev–Trinajstić information content (AvgIpc) is 2.37. The van der Waals surface area contributed by atoms with Gasteiger partial charge in [-0.2, -0.15) is 0 Å². The van der Waals surface area contributed by atoms with E-state index in [1.54, 1.807) is 4.90 Å². The van der Waals surface area contributed by atoms with Gasteiger partial charge in [0.25, 0.3) is 0 Å². The van der Waals surface area contributed by atoms with Crippen LogP contribution in [0.25, 0.3) is 0 Å².